The minimum atomic E-state index is -3.70. The Morgan fingerprint density at radius 3 is 2.39 bits per heavy atom. The molecule has 1 aromatic heterocycles. The first-order valence-electron chi connectivity index (χ1n) is 7.09. The standard InChI is InChI=1S/C16H17N3O3S/c1-9-6-10(2)11(3)15(7-9)23(21,22)19-12-4-5-13-14(8-12)18-16(20)17-13/h4-8,19H,1-3H3,(H2,17,18,20). The quantitative estimate of drug-likeness (QED) is 0.688. The molecule has 3 rings (SSSR count). The van der Waals surface area contributed by atoms with Crippen LogP contribution in [-0.2, 0) is 10.0 Å². The van der Waals surface area contributed by atoms with Crippen LogP contribution in [0.1, 0.15) is 16.7 Å². The number of hydrogen-bond donors (Lipinski definition) is 3. The number of nitrogens with one attached hydrogen (secondary N) is 3. The molecule has 0 saturated carbocycles. The smallest absolute Gasteiger partial charge is 0.306 e. The summed E-state index contributed by atoms with van der Waals surface area (Å²) in [6.45, 7) is 5.54. The maximum Gasteiger partial charge on any atom is 0.323 e. The first-order valence-corrected chi connectivity index (χ1v) is 8.57. The number of rotatable bonds is 3. The fourth-order valence-electron chi connectivity index (χ4n) is 2.59. The molecular weight excluding hydrogens is 314 g/mol. The third-order valence-corrected chi connectivity index (χ3v) is 5.33. The number of H-pyrrole nitrogens is 2. The molecule has 0 aliphatic rings. The predicted molar refractivity (Wildman–Crippen MR) is 90.4 cm³/mol. The van der Waals surface area contributed by atoms with Crippen molar-refractivity contribution >= 4 is 26.7 Å². The first-order chi connectivity index (χ1) is 10.8. The van der Waals surface area contributed by atoms with Gasteiger partial charge in [0.05, 0.1) is 21.6 Å². The van der Waals surface area contributed by atoms with E-state index >= 15 is 0 Å². The first kappa shape index (κ1) is 15.4. The number of hydrogen-bond acceptors (Lipinski definition) is 3. The molecule has 0 aliphatic heterocycles. The van der Waals surface area contributed by atoms with Gasteiger partial charge in [-0.2, -0.15) is 0 Å². The fourth-order valence-corrected chi connectivity index (χ4v) is 4.04. The van der Waals surface area contributed by atoms with Gasteiger partial charge in [-0.25, -0.2) is 13.2 Å². The maximum atomic E-state index is 12.7. The summed E-state index contributed by atoms with van der Waals surface area (Å²) in [5, 5.41) is 0. The van der Waals surface area contributed by atoms with Crippen LogP contribution in [0.4, 0.5) is 5.69 Å². The van der Waals surface area contributed by atoms with E-state index in [9.17, 15) is 13.2 Å². The van der Waals surface area contributed by atoms with Gasteiger partial charge in [-0.15, -0.1) is 0 Å². The molecule has 0 spiro atoms. The monoisotopic (exact) mass is 331 g/mol. The molecule has 0 atom stereocenters. The summed E-state index contributed by atoms with van der Waals surface area (Å²) < 4.78 is 27.9. The Morgan fingerprint density at radius 1 is 0.957 bits per heavy atom. The van der Waals surface area contributed by atoms with Gasteiger partial charge in [-0.1, -0.05) is 6.07 Å². The van der Waals surface area contributed by atoms with Crippen molar-refractivity contribution in [2.75, 3.05) is 4.72 Å². The van der Waals surface area contributed by atoms with Crippen molar-refractivity contribution < 1.29 is 8.42 Å². The molecule has 3 N–H and O–H groups in total. The lowest BCUT2D eigenvalue weighted by atomic mass is 10.1. The minimum absolute atomic E-state index is 0.262. The molecule has 2 aromatic carbocycles. The van der Waals surface area contributed by atoms with Crippen LogP contribution in [0.2, 0.25) is 0 Å². The number of imidazole rings is 1. The van der Waals surface area contributed by atoms with Crippen molar-refractivity contribution in [3.8, 4) is 0 Å². The number of aromatic amines is 2. The maximum absolute atomic E-state index is 12.7. The molecule has 3 aromatic rings. The second-order valence-electron chi connectivity index (χ2n) is 5.65. The van der Waals surface area contributed by atoms with Crippen LogP contribution in [0.25, 0.3) is 11.0 Å². The number of benzene rings is 2. The normalized spacial score (nSPS) is 11.8. The molecule has 0 fully saturated rings. The van der Waals surface area contributed by atoms with E-state index in [1.165, 1.54) is 0 Å². The largest absolute Gasteiger partial charge is 0.323 e. The molecule has 6 nitrogen and oxygen atoms in total. The average Bonchev–Trinajstić information content (AvgIpc) is 2.81. The number of anilines is 1. The van der Waals surface area contributed by atoms with E-state index in [2.05, 4.69) is 14.7 Å². The van der Waals surface area contributed by atoms with E-state index in [1.54, 1.807) is 31.2 Å². The summed E-state index contributed by atoms with van der Waals surface area (Å²) in [6.07, 6.45) is 0. The molecule has 1 heterocycles. The van der Waals surface area contributed by atoms with Gasteiger partial charge in [0.15, 0.2) is 0 Å². The van der Waals surface area contributed by atoms with Gasteiger partial charge in [0.2, 0.25) is 0 Å². The summed E-state index contributed by atoms with van der Waals surface area (Å²) in [5.74, 6) is 0. The Labute approximate surface area is 133 Å². The van der Waals surface area contributed by atoms with E-state index in [0.717, 1.165) is 16.7 Å². The average molecular weight is 331 g/mol. The Morgan fingerprint density at radius 2 is 1.65 bits per heavy atom. The van der Waals surface area contributed by atoms with E-state index in [4.69, 9.17) is 0 Å². The summed E-state index contributed by atoms with van der Waals surface area (Å²) in [5.41, 5.74) is 3.78. The highest BCUT2D eigenvalue weighted by molar-refractivity contribution is 7.92. The molecule has 0 aliphatic carbocycles. The minimum Gasteiger partial charge on any atom is -0.306 e. The highest BCUT2D eigenvalue weighted by Gasteiger charge is 2.19. The van der Waals surface area contributed by atoms with Crippen molar-refractivity contribution in [1.29, 1.82) is 0 Å². The predicted octanol–water partition coefficient (Wildman–Crippen LogP) is 2.58. The van der Waals surface area contributed by atoms with Crippen LogP contribution < -0.4 is 10.4 Å². The van der Waals surface area contributed by atoms with Crippen LogP contribution >= 0.6 is 0 Å². The molecule has 0 radical (unpaired) electrons. The molecule has 7 heteroatoms. The molecule has 0 saturated heterocycles. The zero-order valence-electron chi connectivity index (χ0n) is 13.0. The van der Waals surface area contributed by atoms with Gasteiger partial charge in [0.25, 0.3) is 10.0 Å². The van der Waals surface area contributed by atoms with E-state index < -0.39 is 10.0 Å². The van der Waals surface area contributed by atoms with Crippen molar-refractivity contribution in [2.24, 2.45) is 0 Å². The SMILES string of the molecule is Cc1cc(C)c(C)c(S(=O)(=O)Nc2ccc3[nH]c(=O)[nH]c3c2)c1. The molecular formula is C16H17N3O3S. The molecule has 23 heavy (non-hydrogen) atoms. The van der Waals surface area contributed by atoms with Crippen molar-refractivity contribution in [3.05, 3.63) is 57.5 Å². The lowest BCUT2D eigenvalue weighted by molar-refractivity contribution is 0.600. The van der Waals surface area contributed by atoms with Gasteiger partial charge in [-0.05, 0) is 61.7 Å². The van der Waals surface area contributed by atoms with Gasteiger partial charge in [0, 0.05) is 0 Å². The molecule has 120 valence electrons. The van der Waals surface area contributed by atoms with E-state index in [1.807, 2.05) is 19.9 Å². The summed E-state index contributed by atoms with van der Waals surface area (Å²) in [7, 11) is -3.70. The van der Waals surface area contributed by atoms with Gasteiger partial charge in [0.1, 0.15) is 0 Å². The number of aryl methyl sites for hydroxylation is 2. The van der Waals surface area contributed by atoms with Crippen LogP contribution in [0.5, 0.6) is 0 Å². The zero-order chi connectivity index (χ0) is 16.8. The third kappa shape index (κ3) is 2.87. The third-order valence-electron chi connectivity index (χ3n) is 3.82. The second kappa shape index (κ2) is 5.27. The fraction of sp³-hybridized carbons (Fsp3) is 0.188. The van der Waals surface area contributed by atoms with Gasteiger partial charge in [-0.3, -0.25) is 4.72 Å². The Bertz CT molecular complexity index is 1060. The van der Waals surface area contributed by atoms with Crippen LogP contribution in [0.15, 0.2) is 40.0 Å². The lowest BCUT2D eigenvalue weighted by Crippen LogP contribution is -2.15. The Kier molecular flexibility index (Phi) is 3.52. The highest BCUT2D eigenvalue weighted by Crippen LogP contribution is 2.24. The van der Waals surface area contributed by atoms with Crippen LogP contribution in [0.3, 0.4) is 0 Å². The zero-order valence-corrected chi connectivity index (χ0v) is 13.8. The van der Waals surface area contributed by atoms with Crippen molar-refractivity contribution in [1.82, 2.24) is 9.97 Å². The topological polar surface area (TPSA) is 94.8 Å². The molecule has 0 bridgehead atoms. The summed E-state index contributed by atoms with van der Waals surface area (Å²) >= 11 is 0. The van der Waals surface area contributed by atoms with Crippen molar-refractivity contribution in [3.63, 3.8) is 0 Å². The Balaban J connectivity index is 2.04. The van der Waals surface area contributed by atoms with Crippen molar-refractivity contribution in [2.45, 2.75) is 25.7 Å². The second-order valence-corrected chi connectivity index (χ2v) is 7.30. The van der Waals surface area contributed by atoms with Crippen LogP contribution in [-0.4, -0.2) is 18.4 Å². The van der Waals surface area contributed by atoms with E-state index in [-0.39, 0.29) is 10.6 Å². The Hall–Kier alpha value is -2.54. The highest BCUT2D eigenvalue weighted by atomic mass is 32.2. The summed E-state index contributed by atoms with van der Waals surface area (Å²) in [6, 6.07) is 8.45. The number of sulfonamides is 1. The van der Waals surface area contributed by atoms with Crippen LogP contribution in [0, 0.1) is 20.8 Å². The summed E-state index contributed by atoms with van der Waals surface area (Å²) in [4.78, 5) is 16.8. The molecule has 0 amide bonds. The number of fused-ring (bicyclic) bond motifs is 1. The van der Waals surface area contributed by atoms with E-state index in [0.29, 0.717) is 16.7 Å². The van der Waals surface area contributed by atoms with Gasteiger partial charge >= 0.3 is 5.69 Å². The van der Waals surface area contributed by atoms with Gasteiger partial charge < -0.3 is 9.97 Å². The molecule has 0 unspecified atom stereocenters. The number of aromatic nitrogens is 2. The lowest BCUT2D eigenvalue weighted by Gasteiger charge is -2.13.